The third-order valence-electron chi connectivity index (χ3n) is 1.60. The van der Waals surface area contributed by atoms with Crippen molar-refractivity contribution in [3.8, 4) is 17.2 Å². The minimum absolute atomic E-state index is 0.00694. The molecule has 70 valence electrons. The van der Waals surface area contributed by atoms with Crippen LogP contribution >= 0.6 is 0 Å². The van der Waals surface area contributed by atoms with E-state index in [0.717, 1.165) is 0 Å². The van der Waals surface area contributed by atoms with Gasteiger partial charge in [0.1, 0.15) is 5.84 Å². The second kappa shape index (κ2) is 3.22. The van der Waals surface area contributed by atoms with Crippen LogP contribution in [0.15, 0.2) is 12.1 Å². The molecule has 5 heteroatoms. The largest absolute Gasteiger partial charge is 0.504 e. The number of phenolic OH excluding ortho intramolecular Hbond substituents is 2. The van der Waals surface area contributed by atoms with E-state index in [1.165, 1.54) is 19.2 Å². The number of ether oxygens (including phenoxy) is 1. The molecule has 0 aromatic heterocycles. The molecule has 0 amide bonds. The van der Waals surface area contributed by atoms with E-state index in [9.17, 15) is 5.11 Å². The van der Waals surface area contributed by atoms with Gasteiger partial charge in [-0.15, -0.1) is 0 Å². The monoisotopic (exact) mass is 182 g/mol. The first-order valence-corrected chi connectivity index (χ1v) is 3.51. The predicted octanol–water partition coefficient (Wildman–Crippen LogP) is 0.390. The van der Waals surface area contributed by atoms with Gasteiger partial charge in [0, 0.05) is 0 Å². The Morgan fingerprint density at radius 2 is 2.08 bits per heavy atom. The molecule has 0 unspecified atom stereocenters. The van der Waals surface area contributed by atoms with Crippen molar-refractivity contribution in [2.45, 2.75) is 0 Å². The highest BCUT2D eigenvalue weighted by molar-refractivity contribution is 5.98. The van der Waals surface area contributed by atoms with Gasteiger partial charge < -0.3 is 20.7 Å². The lowest BCUT2D eigenvalue weighted by Crippen LogP contribution is -2.12. The molecule has 0 saturated heterocycles. The van der Waals surface area contributed by atoms with Crippen LogP contribution < -0.4 is 10.5 Å². The number of amidine groups is 1. The molecule has 0 aliphatic heterocycles. The number of aromatic hydroxyl groups is 2. The van der Waals surface area contributed by atoms with E-state index in [1.54, 1.807) is 0 Å². The lowest BCUT2D eigenvalue weighted by Gasteiger charge is -2.09. The third-order valence-corrected chi connectivity index (χ3v) is 1.60. The van der Waals surface area contributed by atoms with Gasteiger partial charge in [-0.2, -0.15) is 0 Å². The summed E-state index contributed by atoms with van der Waals surface area (Å²) in [6.45, 7) is 0. The molecule has 0 bridgehead atoms. The summed E-state index contributed by atoms with van der Waals surface area (Å²) in [5.41, 5.74) is 5.47. The summed E-state index contributed by atoms with van der Waals surface area (Å²) in [7, 11) is 1.32. The number of nitrogens with two attached hydrogens (primary N) is 1. The van der Waals surface area contributed by atoms with Gasteiger partial charge in [0.05, 0.1) is 12.7 Å². The zero-order valence-electron chi connectivity index (χ0n) is 7.03. The van der Waals surface area contributed by atoms with Crippen LogP contribution in [-0.4, -0.2) is 23.2 Å². The molecule has 0 spiro atoms. The normalized spacial score (nSPS) is 9.62. The van der Waals surface area contributed by atoms with Crippen molar-refractivity contribution in [1.29, 1.82) is 5.41 Å². The summed E-state index contributed by atoms with van der Waals surface area (Å²) in [6, 6.07) is 2.64. The highest BCUT2D eigenvalue weighted by Crippen LogP contribution is 2.37. The lowest BCUT2D eigenvalue weighted by molar-refractivity contribution is 0.350. The highest BCUT2D eigenvalue weighted by atomic mass is 16.5. The van der Waals surface area contributed by atoms with Crippen molar-refractivity contribution >= 4 is 5.84 Å². The van der Waals surface area contributed by atoms with Crippen molar-refractivity contribution in [1.82, 2.24) is 0 Å². The van der Waals surface area contributed by atoms with Crippen molar-refractivity contribution in [2.75, 3.05) is 7.11 Å². The molecule has 1 aromatic carbocycles. The zero-order chi connectivity index (χ0) is 10.0. The van der Waals surface area contributed by atoms with E-state index in [4.69, 9.17) is 21.0 Å². The predicted molar refractivity (Wildman–Crippen MR) is 47.3 cm³/mol. The molecule has 5 N–H and O–H groups in total. The van der Waals surface area contributed by atoms with Gasteiger partial charge in [0.25, 0.3) is 0 Å². The molecular formula is C8H10N2O3. The first-order chi connectivity index (χ1) is 6.07. The maximum absolute atomic E-state index is 9.30. The van der Waals surface area contributed by atoms with E-state index >= 15 is 0 Å². The summed E-state index contributed by atoms with van der Waals surface area (Å²) < 4.78 is 4.79. The topological polar surface area (TPSA) is 99.6 Å². The summed E-state index contributed by atoms with van der Waals surface area (Å²) in [4.78, 5) is 0. The lowest BCUT2D eigenvalue weighted by atomic mass is 10.1. The molecule has 0 aliphatic carbocycles. The number of hydrogen-bond acceptors (Lipinski definition) is 4. The molecule has 1 aromatic rings. The van der Waals surface area contributed by atoms with E-state index in [0.29, 0.717) is 0 Å². The Morgan fingerprint density at radius 3 is 2.54 bits per heavy atom. The van der Waals surface area contributed by atoms with Crippen molar-refractivity contribution < 1.29 is 14.9 Å². The molecule has 0 fully saturated rings. The number of hydrogen-bond donors (Lipinski definition) is 4. The average Bonchev–Trinajstić information content (AvgIpc) is 2.09. The van der Waals surface area contributed by atoms with Crippen molar-refractivity contribution in [2.24, 2.45) is 5.73 Å². The first-order valence-electron chi connectivity index (χ1n) is 3.51. The summed E-state index contributed by atoms with van der Waals surface area (Å²) in [5, 5.41) is 25.5. The van der Waals surface area contributed by atoms with Crippen molar-refractivity contribution in [3.63, 3.8) is 0 Å². The molecule has 5 nitrogen and oxygen atoms in total. The maximum Gasteiger partial charge on any atom is 0.201 e. The fraction of sp³-hybridized carbons (Fsp3) is 0.125. The third kappa shape index (κ3) is 1.48. The average molecular weight is 182 g/mol. The standard InChI is InChI=1S/C8H10N2O3/c1-13-7-4(8(9)10)2-3-5(11)6(7)12/h2-3,11-12H,1H3,(H3,9,10). The van der Waals surface area contributed by atoms with Gasteiger partial charge in [-0.3, -0.25) is 5.41 Å². The number of phenols is 2. The molecule has 0 heterocycles. The minimum Gasteiger partial charge on any atom is -0.504 e. The number of benzene rings is 1. The van der Waals surface area contributed by atoms with Gasteiger partial charge in [-0.1, -0.05) is 0 Å². The number of rotatable bonds is 2. The molecule has 13 heavy (non-hydrogen) atoms. The Labute approximate surface area is 74.9 Å². The fourth-order valence-corrected chi connectivity index (χ4v) is 0.979. The summed E-state index contributed by atoms with van der Waals surface area (Å²) in [5.74, 6) is -0.934. The van der Waals surface area contributed by atoms with Gasteiger partial charge in [0.2, 0.25) is 5.75 Å². The Bertz CT molecular complexity index is 349. The SMILES string of the molecule is COc1c(C(=N)N)ccc(O)c1O. The second-order valence-electron chi connectivity index (χ2n) is 2.43. The molecule has 0 atom stereocenters. The highest BCUT2D eigenvalue weighted by Gasteiger charge is 2.14. The molecule has 0 radical (unpaired) electrons. The summed E-state index contributed by atoms with van der Waals surface area (Å²) in [6.07, 6.45) is 0. The van der Waals surface area contributed by atoms with Crippen LogP contribution in [0, 0.1) is 5.41 Å². The molecule has 0 saturated carbocycles. The minimum atomic E-state index is -0.407. The van der Waals surface area contributed by atoms with Crippen LogP contribution in [-0.2, 0) is 0 Å². The Hall–Kier alpha value is -1.91. The van der Waals surface area contributed by atoms with Crippen LogP contribution in [0.1, 0.15) is 5.56 Å². The number of methoxy groups -OCH3 is 1. The molecular weight excluding hydrogens is 172 g/mol. The summed E-state index contributed by atoms with van der Waals surface area (Å²) >= 11 is 0. The Balaban J connectivity index is 3.38. The van der Waals surface area contributed by atoms with Gasteiger partial charge in [-0.05, 0) is 12.1 Å². The number of nitrogens with one attached hydrogen (secondary N) is 1. The fourth-order valence-electron chi connectivity index (χ4n) is 0.979. The van der Waals surface area contributed by atoms with Crippen LogP contribution in [0.4, 0.5) is 0 Å². The van der Waals surface area contributed by atoms with Crippen LogP contribution in [0.25, 0.3) is 0 Å². The zero-order valence-corrected chi connectivity index (χ0v) is 7.03. The van der Waals surface area contributed by atoms with Crippen LogP contribution in [0.5, 0.6) is 17.2 Å². The first kappa shape index (κ1) is 9.18. The van der Waals surface area contributed by atoms with E-state index in [-0.39, 0.29) is 22.9 Å². The maximum atomic E-state index is 9.30. The van der Waals surface area contributed by atoms with Gasteiger partial charge in [0.15, 0.2) is 11.5 Å². The van der Waals surface area contributed by atoms with Crippen LogP contribution in [0.2, 0.25) is 0 Å². The Kier molecular flexibility index (Phi) is 2.27. The van der Waals surface area contributed by atoms with Crippen LogP contribution in [0.3, 0.4) is 0 Å². The van der Waals surface area contributed by atoms with Gasteiger partial charge in [-0.25, -0.2) is 0 Å². The van der Waals surface area contributed by atoms with E-state index in [1.807, 2.05) is 0 Å². The quantitative estimate of drug-likeness (QED) is 0.302. The van der Waals surface area contributed by atoms with E-state index < -0.39 is 5.75 Å². The number of nitrogen functional groups attached to an aromatic ring is 1. The Morgan fingerprint density at radius 1 is 1.46 bits per heavy atom. The molecule has 0 aliphatic rings. The smallest absolute Gasteiger partial charge is 0.201 e. The second-order valence-corrected chi connectivity index (χ2v) is 2.43. The van der Waals surface area contributed by atoms with Crippen molar-refractivity contribution in [3.05, 3.63) is 17.7 Å². The van der Waals surface area contributed by atoms with Gasteiger partial charge >= 0.3 is 0 Å². The molecule has 1 rings (SSSR count). The van der Waals surface area contributed by atoms with E-state index in [2.05, 4.69) is 0 Å².